The highest BCUT2D eigenvalue weighted by Crippen LogP contribution is 2.47. The third-order valence-electron chi connectivity index (χ3n) is 1.75. The van der Waals surface area contributed by atoms with E-state index in [2.05, 4.69) is 6.58 Å². The molecule has 0 aliphatic heterocycles. The summed E-state index contributed by atoms with van der Waals surface area (Å²) in [6, 6.07) is 0. The largest absolute Gasteiger partial charge is 0.478 e. The van der Waals surface area contributed by atoms with Crippen LogP contribution in [0.2, 0.25) is 0 Å². The zero-order valence-corrected chi connectivity index (χ0v) is 8.04. The van der Waals surface area contributed by atoms with Crippen LogP contribution in [-0.4, -0.2) is 28.8 Å². The molecule has 0 aliphatic carbocycles. The normalized spacial score (nSPS) is 13.7. The molecule has 0 atom stereocenters. The molecular weight excluding hydrogens is 242 g/mol. The summed E-state index contributed by atoms with van der Waals surface area (Å²) in [4.78, 5) is 10.1. The van der Waals surface area contributed by atoms with Crippen molar-refractivity contribution >= 4 is 5.97 Å². The summed E-state index contributed by atoms with van der Waals surface area (Å²) in [5.74, 6) is -17.7. The van der Waals surface area contributed by atoms with Gasteiger partial charge in [-0.2, -0.15) is 26.3 Å². The summed E-state index contributed by atoms with van der Waals surface area (Å²) < 4.78 is 75.2. The maximum absolute atomic E-state index is 12.8. The second kappa shape index (κ2) is 3.99. The van der Waals surface area contributed by atoms with Crippen molar-refractivity contribution in [1.29, 1.82) is 0 Å². The summed E-state index contributed by atoms with van der Waals surface area (Å²) >= 11 is 0. The van der Waals surface area contributed by atoms with E-state index in [4.69, 9.17) is 5.11 Å². The first kappa shape index (κ1) is 14.8. The average molecular weight is 250 g/mol. The number of carbonyl (C=O) groups is 1. The summed E-state index contributed by atoms with van der Waals surface area (Å²) in [5, 5.41) is 8.15. The first-order valence-electron chi connectivity index (χ1n) is 3.87. The van der Waals surface area contributed by atoms with Gasteiger partial charge in [0.1, 0.15) is 0 Å². The Bertz CT molecular complexity index is 304. The summed E-state index contributed by atoms with van der Waals surface area (Å²) in [7, 11) is 0. The van der Waals surface area contributed by atoms with E-state index in [0.717, 1.165) is 0 Å². The highest BCUT2D eigenvalue weighted by Gasteiger charge is 2.69. The fourth-order valence-corrected chi connectivity index (χ4v) is 0.776. The molecule has 0 fully saturated rings. The monoisotopic (exact) mass is 250 g/mol. The maximum Gasteiger partial charge on any atom is 0.371 e. The molecule has 0 bridgehead atoms. The fourth-order valence-electron chi connectivity index (χ4n) is 0.776. The van der Waals surface area contributed by atoms with Crippen molar-refractivity contribution in [3.05, 3.63) is 12.2 Å². The molecule has 0 aliphatic rings. The van der Waals surface area contributed by atoms with Crippen LogP contribution >= 0.6 is 0 Å². The quantitative estimate of drug-likeness (QED) is 0.601. The molecule has 0 aromatic rings. The highest BCUT2D eigenvalue weighted by molar-refractivity contribution is 5.85. The van der Waals surface area contributed by atoms with E-state index < -0.39 is 35.7 Å². The van der Waals surface area contributed by atoms with Gasteiger partial charge in [0.05, 0.1) is 0 Å². The Kier molecular flexibility index (Phi) is 3.68. The third-order valence-corrected chi connectivity index (χ3v) is 1.75. The number of hydrogen-bond donors (Lipinski definition) is 1. The molecule has 0 saturated heterocycles. The Labute approximate surface area is 86.6 Å². The van der Waals surface area contributed by atoms with Gasteiger partial charge in [-0.05, 0) is 0 Å². The van der Waals surface area contributed by atoms with Crippen LogP contribution in [0.1, 0.15) is 13.3 Å². The van der Waals surface area contributed by atoms with Gasteiger partial charge in [0, 0.05) is 18.9 Å². The van der Waals surface area contributed by atoms with Crippen molar-refractivity contribution < 1.29 is 36.2 Å². The van der Waals surface area contributed by atoms with E-state index in [1.807, 2.05) is 0 Å². The Balaban J connectivity index is 5.06. The summed E-state index contributed by atoms with van der Waals surface area (Å²) in [6.07, 6.45) is -2.04. The second-order valence-electron chi connectivity index (χ2n) is 3.25. The Morgan fingerprint density at radius 2 is 1.56 bits per heavy atom. The van der Waals surface area contributed by atoms with Crippen molar-refractivity contribution in [3.8, 4) is 0 Å². The van der Waals surface area contributed by atoms with E-state index in [0.29, 0.717) is 0 Å². The first-order valence-corrected chi connectivity index (χ1v) is 3.87. The molecule has 2 nitrogen and oxygen atoms in total. The lowest BCUT2D eigenvalue weighted by molar-refractivity contribution is -0.301. The molecule has 0 saturated carbocycles. The third kappa shape index (κ3) is 2.67. The van der Waals surface area contributed by atoms with Crippen molar-refractivity contribution in [2.75, 3.05) is 0 Å². The lowest BCUT2D eigenvalue weighted by atomic mass is 9.99. The first-order chi connectivity index (χ1) is 6.83. The molecule has 0 aromatic carbocycles. The molecular formula is C8H8F6O2. The predicted molar refractivity (Wildman–Crippen MR) is 41.9 cm³/mol. The van der Waals surface area contributed by atoms with Gasteiger partial charge in [0.15, 0.2) is 0 Å². The minimum atomic E-state index is -5.64. The minimum Gasteiger partial charge on any atom is -0.478 e. The Morgan fingerprint density at radius 3 is 1.81 bits per heavy atom. The SMILES string of the molecule is C=C(CC(F)(F)C(F)(F)C(C)(F)F)C(=O)O. The molecule has 16 heavy (non-hydrogen) atoms. The molecule has 0 rings (SSSR count). The molecule has 0 aromatic heterocycles. The maximum atomic E-state index is 12.8. The number of alkyl halides is 6. The molecule has 0 unspecified atom stereocenters. The van der Waals surface area contributed by atoms with Crippen LogP contribution in [0, 0.1) is 0 Å². The van der Waals surface area contributed by atoms with Crippen molar-refractivity contribution in [1.82, 2.24) is 0 Å². The number of rotatable bonds is 5. The molecule has 0 radical (unpaired) electrons. The lowest BCUT2D eigenvalue weighted by Gasteiger charge is -2.30. The van der Waals surface area contributed by atoms with Crippen LogP contribution in [0.4, 0.5) is 26.3 Å². The van der Waals surface area contributed by atoms with Crippen molar-refractivity contribution in [3.63, 3.8) is 0 Å². The van der Waals surface area contributed by atoms with E-state index in [1.54, 1.807) is 0 Å². The van der Waals surface area contributed by atoms with Gasteiger partial charge in [0.25, 0.3) is 0 Å². The van der Waals surface area contributed by atoms with Gasteiger partial charge in [-0.3, -0.25) is 0 Å². The number of carboxylic acids is 1. The standard InChI is InChI=1S/C8H8F6O2/c1-4(5(15)16)3-7(11,12)8(13,14)6(2,9)10/h1,3H2,2H3,(H,15,16). The summed E-state index contributed by atoms with van der Waals surface area (Å²) in [5.41, 5.74) is -1.27. The number of carboxylic acid groups (broad SMARTS) is 1. The zero-order chi connectivity index (χ0) is 13.4. The van der Waals surface area contributed by atoms with Gasteiger partial charge >= 0.3 is 23.7 Å². The minimum absolute atomic E-state index is 0.371. The van der Waals surface area contributed by atoms with Crippen LogP contribution in [0.5, 0.6) is 0 Å². The smallest absolute Gasteiger partial charge is 0.371 e. The summed E-state index contributed by atoms with van der Waals surface area (Å²) in [6.45, 7) is 2.21. The van der Waals surface area contributed by atoms with Gasteiger partial charge in [-0.25, -0.2) is 4.79 Å². The van der Waals surface area contributed by atoms with Crippen LogP contribution < -0.4 is 0 Å². The van der Waals surface area contributed by atoms with Crippen LogP contribution in [0.25, 0.3) is 0 Å². The number of aliphatic carboxylic acids is 1. The van der Waals surface area contributed by atoms with Crippen LogP contribution in [0.3, 0.4) is 0 Å². The molecule has 0 spiro atoms. The fraction of sp³-hybridized carbons (Fsp3) is 0.625. The van der Waals surface area contributed by atoms with E-state index in [1.165, 1.54) is 0 Å². The topological polar surface area (TPSA) is 37.3 Å². The van der Waals surface area contributed by atoms with Crippen molar-refractivity contribution in [2.24, 2.45) is 0 Å². The predicted octanol–water partition coefficient (Wildman–Crippen LogP) is 2.94. The lowest BCUT2D eigenvalue weighted by Crippen LogP contribution is -2.52. The van der Waals surface area contributed by atoms with Gasteiger partial charge in [-0.1, -0.05) is 6.58 Å². The number of hydrogen-bond acceptors (Lipinski definition) is 1. The molecule has 94 valence electrons. The Morgan fingerprint density at radius 1 is 1.19 bits per heavy atom. The van der Waals surface area contributed by atoms with E-state index in [9.17, 15) is 31.1 Å². The molecule has 0 heterocycles. The zero-order valence-electron chi connectivity index (χ0n) is 8.04. The molecule has 8 heteroatoms. The van der Waals surface area contributed by atoms with Crippen molar-refractivity contribution in [2.45, 2.75) is 31.1 Å². The highest BCUT2D eigenvalue weighted by atomic mass is 19.3. The van der Waals surface area contributed by atoms with Gasteiger partial charge in [0.2, 0.25) is 0 Å². The van der Waals surface area contributed by atoms with Crippen LogP contribution in [-0.2, 0) is 4.79 Å². The van der Waals surface area contributed by atoms with E-state index in [-0.39, 0.29) is 6.92 Å². The molecule has 0 amide bonds. The molecule has 1 N–H and O–H groups in total. The van der Waals surface area contributed by atoms with Gasteiger partial charge < -0.3 is 5.11 Å². The average Bonchev–Trinajstić information content (AvgIpc) is 2.00. The van der Waals surface area contributed by atoms with E-state index >= 15 is 0 Å². The van der Waals surface area contributed by atoms with Crippen LogP contribution in [0.15, 0.2) is 12.2 Å². The Hall–Kier alpha value is -1.21. The number of halogens is 6. The second-order valence-corrected chi connectivity index (χ2v) is 3.25. The van der Waals surface area contributed by atoms with Gasteiger partial charge in [-0.15, -0.1) is 0 Å².